The predicted octanol–water partition coefficient (Wildman–Crippen LogP) is 4.30. The number of carbonyl (C=O) groups is 1. The van der Waals surface area contributed by atoms with Gasteiger partial charge >= 0.3 is 0 Å². The van der Waals surface area contributed by atoms with E-state index < -0.39 is 15.3 Å². The summed E-state index contributed by atoms with van der Waals surface area (Å²) < 4.78 is 27.2. The summed E-state index contributed by atoms with van der Waals surface area (Å²) in [6.07, 6.45) is 1.34. The number of anilines is 1. The first-order valence-electron chi connectivity index (χ1n) is 8.88. The van der Waals surface area contributed by atoms with Gasteiger partial charge in [-0.15, -0.1) is 0 Å². The summed E-state index contributed by atoms with van der Waals surface area (Å²) in [6.45, 7) is 8.16. The number of sulfonamides is 1. The fourth-order valence-electron chi connectivity index (χ4n) is 2.49. The van der Waals surface area contributed by atoms with E-state index in [0.29, 0.717) is 23.8 Å². The standard InChI is InChI=1S/C19H24BrN3O3S2/c1-5-23(6-2)28(25,26)15-8-10-18(21-12-15)27-14(4)19(24)22-17-9-7-13(3)11-16(17)20/h7-12,14H,5-6H2,1-4H3,(H,22,24). The van der Waals surface area contributed by atoms with E-state index in [9.17, 15) is 13.2 Å². The molecule has 0 saturated carbocycles. The zero-order valence-corrected chi connectivity index (χ0v) is 19.5. The molecule has 1 atom stereocenters. The maximum Gasteiger partial charge on any atom is 0.244 e. The molecule has 1 heterocycles. The fraction of sp³-hybridized carbons (Fsp3) is 0.368. The molecule has 28 heavy (non-hydrogen) atoms. The van der Waals surface area contributed by atoms with Gasteiger partial charge in [-0.05, 0) is 59.6 Å². The molecule has 1 aromatic carbocycles. The van der Waals surface area contributed by atoms with Gasteiger partial charge in [-0.1, -0.05) is 31.7 Å². The van der Waals surface area contributed by atoms with Gasteiger partial charge in [0.1, 0.15) is 4.90 Å². The lowest BCUT2D eigenvalue weighted by atomic mass is 10.2. The van der Waals surface area contributed by atoms with Gasteiger partial charge in [-0.25, -0.2) is 13.4 Å². The molecule has 0 spiro atoms. The van der Waals surface area contributed by atoms with Crippen molar-refractivity contribution in [1.29, 1.82) is 0 Å². The average molecular weight is 486 g/mol. The Morgan fingerprint density at radius 2 is 1.93 bits per heavy atom. The minimum absolute atomic E-state index is 0.154. The molecule has 152 valence electrons. The third-order valence-corrected chi connectivity index (χ3v) is 7.84. The zero-order valence-electron chi connectivity index (χ0n) is 16.3. The van der Waals surface area contributed by atoms with Gasteiger partial charge in [-0.3, -0.25) is 4.79 Å². The van der Waals surface area contributed by atoms with Gasteiger partial charge in [-0.2, -0.15) is 4.31 Å². The summed E-state index contributed by atoms with van der Waals surface area (Å²) in [5.41, 5.74) is 1.80. The van der Waals surface area contributed by atoms with Crippen molar-refractivity contribution in [3.05, 3.63) is 46.6 Å². The lowest BCUT2D eigenvalue weighted by Crippen LogP contribution is -2.30. The van der Waals surface area contributed by atoms with Crippen LogP contribution in [0, 0.1) is 6.92 Å². The highest BCUT2D eigenvalue weighted by molar-refractivity contribution is 9.10. The van der Waals surface area contributed by atoms with Crippen LogP contribution in [-0.4, -0.2) is 42.0 Å². The molecule has 0 saturated heterocycles. The highest BCUT2D eigenvalue weighted by Crippen LogP contribution is 2.27. The van der Waals surface area contributed by atoms with Crippen LogP contribution in [0.2, 0.25) is 0 Å². The summed E-state index contributed by atoms with van der Waals surface area (Å²) >= 11 is 4.72. The van der Waals surface area contributed by atoms with E-state index in [0.717, 1.165) is 10.0 Å². The van der Waals surface area contributed by atoms with Gasteiger partial charge in [0.2, 0.25) is 15.9 Å². The van der Waals surface area contributed by atoms with Crippen molar-refractivity contribution in [2.45, 2.75) is 42.9 Å². The minimum Gasteiger partial charge on any atom is -0.324 e. The zero-order chi connectivity index (χ0) is 20.9. The van der Waals surface area contributed by atoms with Crippen LogP contribution in [0.5, 0.6) is 0 Å². The molecule has 1 amide bonds. The normalized spacial score (nSPS) is 12.8. The van der Waals surface area contributed by atoms with E-state index in [1.807, 2.05) is 25.1 Å². The molecule has 6 nitrogen and oxygen atoms in total. The average Bonchev–Trinajstić information content (AvgIpc) is 2.65. The Labute approximate surface area is 179 Å². The van der Waals surface area contributed by atoms with E-state index >= 15 is 0 Å². The number of nitrogens with zero attached hydrogens (tertiary/aromatic N) is 2. The molecule has 0 radical (unpaired) electrons. The Balaban J connectivity index is 2.06. The van der Waals surface area contributed by atoms with Crippen LogP contribution < -0.4 is 5.32 Å². The van der Waals surface area contributed by atoms with Crippen molar-refractivity contribution in [3.8, 4) is 0 Å². The Morgan fingerprint density at radius 3 is 2.46 bits per heavy atom. The quantitative estimate of drug-likeness (QED) is 0.563. The van der Waals surface area contributed by atoms with E-state index in [1.54, 1.807) is 26.8 Å². The third-order valence-electron chi connectivity index (χ3n) is 4.10. The van der Waals surface area contributed by atoms with Crippen molar-refractivity contribution < 1.29 is 13.2 Å². The van der Waals surface area contributed by atoms with Crippen LogP contribution in [0.1, 0.15) is 26.3 Å². The van der Waals surface area contributed by atoms with E-state index in [1.165, 1.54) is 28.3 Å². The molecule has 0 bridgehead atoms. The van der Waals surface area contributed by atoms with Gasteiger partial charge in [0.15, 0.2) is 0 Å². The van der Waals surface area contributed by atoms with E-state index in [2.05, 4.69) is 26.2 Å². The molecule has 0 fully saturated rings. The number of hydrogen-bond acceptors (Lipinski definition) is 5. The molecule has 2 aromatic rings. The molecule has 1 unspecified atom stereocenters. The molecule has 0 aliphatic heterocycles. The summed E-state index contributed by atoms with van der Waals surface area (Å²) in [5, 5.41) is 3.08. The van der Waals surface area contributed by atoms with Crippen LogP contribution in [0.25, 0.3) is 0 Å². The topological polar surface area (TPSA) is 79.4 Å². The monoisotopic (exact) mass is 485 g/mol. The predicted molar refractivity (Wildman–Crippen MR) is 117 cm³/mol. The second-order valence-electron chi connectivity index (χ2n) is 6.15. The Bertz CT molecular complexity index is 930. The third kappa shape index (κ3) is 5.56. The summed E-state index contributed by atoms with van der Waals surface area (Å²) in [4.78, 5) is 16.8. The molecule has 1 aromatic heterocycles. The van der Waals surface area contributed by atoms with Crippen molar-refractivity contribution in [1.82, 2.24) is 9.29 Å². The number of aromatic nitrogens is 1. The second kappa shape index (κ2) is 9.87. The fourth-order valence-corrected chi connectivity index (χ4v) is 5.28. The highest BCUT2D eigenvalue weighted by Gasteiger charge is 2.22. The van der Waals surface area contributed by atoms with Crippen LogP contribution in [0.15, 0.2) is 50.9 Å². The second-order valence-corrected chi connectivity index (χ2v) is 10.3. The van der Waals surface area contributed by atoms with Gasteiger partial charge in [0.05, 0.1) is 16.0 Å². The van der Waals surface area contributed by atoms with Gasteiger partial charge < -0.3 is 5.32 Å². The summed E-state index contributed by atoms with van der Waals surface area (Å²) in [5.74, 6) is -0.156. The SMILES string of the molecule is CCN(CC)S(=O)(=O)c1ccc(SC(C)C(=O)Nc2ccc(C)cc2Br)nc1. The molecular formula is C19H24BrN3O3S2. The Morgan fingerprint density at radius 1 is 1.25 bits per heavy atom. The van der Waals surface area contributed by atoms with Crippen LogP contribution in [0.3, 0.4) is 0 Å². The smallest absolute Gasteiger partial charge is 0.244 e. The van der Waals surface area contributed by atoms with E-state index in [-0.39, 0.29) is 10.8 Å². The number of nitrogens with one attached hydrogen (secondary N) is 1. The molecule has 0 aliphatic carbocycles. The maximum absolute atomic E-state index is 12.5. The summed E-state index contributed by atoms with van der Waals surface area (Å²) in [6, 6.07) is 8.87. The minimum atomic E-state index is -3.53. The highest BCUT2D eigenvalue weighted by atomic mass is 79.9. The summed E-state index contributed by atoms with van der Waals surface area (Å²) in [7, 11) is -3.53. The Kier molecular flexibility index (Phi) is 8.06. The van der Waals surface area contributed by atoms with Crippen molar-refractivity contribution in [2.75, 3.05) is 18.4 Å². The molecule has 9 heteroatoms. The van der Waals surface area contributed by atoms with Crippen LogP contribution in [0.4, 0.5) is 5.69 Å². The van der Waals surface area contributed by atoms with E-state index in [4.69, 9.17) is 0 Å². The lowest BCUT2D eigenvalue weighted by Gasteiger charge is -2.18. The first-order chi connectivity index (χ1) is 13.2. The number of rotatable bonds is 8. The molecular weight excluding hydrogens is 462 g/mol. The molecule has 0 aliphatic rings. The largest absolute Gasteiger partial charge is 0.324 e. The van der Waals surface area contributed by atoms with Crippen molar-refractivity contribution >= 4 is 49.3 Å². The number of aryl methyl sites for hydroxylation is 1. The number of halogens is 1. The maximum atomic E-state index is 12.5. The number of hydrogen-bond donors (Lipinski definition) is 1. The lowest BCUT2D eigenvalue weighted by molar-refractivity contribution is -0.115. The first-order valence-corrected chi connectivity index (χ1v) is 12.0. The number of benzene rings is 1. The number of thioether (sulfide) groups is 1. The number of carbonyl (C=O) groups excluding carboxylic acids is 1. The van der Waals surface area contributed by atoms with Gasteiger partial charge in [0, 0.05) is 23.8 Å². The first kappa shape index (κ1) is 22.9. The van der Waals surface area contributed by atoms with Crippen molar-refractivity contribution in [2.24, 2.45) is 0 Å². The number of amides is 1. The van der Waals surface area contributed by atoms with Crippen molar-refractivity contribution in [3.63, 3.8) is 0 Å². The number of pyridine rings is 1. The van der Waals surface area contributed by atoms with Crippen LogP contribution >= 0.6 is 27.7 Å². The van der Waals surface area contributed by atoms with Gasteiger partial charge in [0.25, 0.3) is 0 Å². The van der Waals surface area contributed by atoms with Crippen LogP contribution in [-0.2, 0) is 14.8 Å². The molecule has 1 N–H and O–H groups in total. The Hall–Kier alpha value is -1.42. The molecule has 2 rings (SSSR count).